The van der Waals surface area contributed by atoms with Crippen LogP contribution in [0.15, 0.2) is 42.5 Å². The lowest BCUT2D eigenvalue weighted by molar-refractivity contribution is -0.122. The van der Waals surface area contributed by atoms with Crippen LogP contribution in [0, 0.1) is 0 Å². The van der Waals surface area contributed by atoms with Crippen molar-refractivity contribution < 1.29 is 9.59 Å². The molecular weight excluding hydrogens is 368 g/mol. The van der Waals surface area contributed by atoms with E-state index >= 15 is 0 Å². The van der Waals surface area contributed by atoms with Crippen molar-refractivity contribution in [2.75, 3.05) is 36.8 Å². The van der Waals surface area contributed by atoms with Crippen molar-refractivity contribution in [1.82, 2.24) is 20.4 Å². The first-order chi connectivity index (χ1) is 14.1. The minimum atomic E-state index is -0.287. The van der Waals surface area contributed by atoms with Crippen molar-refractivity contribution in [3.63, 3.8) is 0 Å². The van der Waals surface area contributed by atoms with Gasteiger partial charge in [-0.25, -0.2) is 0 Å². The van der Waals surface area contributed by atoms with E-state index in [9.17, 15) is 9.59 Å². The van der Waals surface area contributed by atoms with E-state index in [1.54, 1.807) is 12.1 Å². The van der Waals surface area contributed by atoms with E-state index in [1.165, 1.54) is 0 Å². The van der Waals surface area contributed by atoms with Crippen molar-refractivity contribution in [1.29, 1.82) is 0 Å². The van der Waals surface area contributed by atoms with Crippen molar-refractivity contribution in [3.05, 3.63) is 48.2 Å². The van der Waals surface area contributed by atoms with E-state index in [1.807, 2.05) is 37.3 Å². The maximum absolute atomic E-state index is 12.2. The van der Waals surface area contributed by atoms with Crippen LogP contribution >= 0.6 is 0 Å². The van der Waals surface area contributed by atoms with Crippen LogP contribution in [0.25, 0.3) is 0 Å². The summed E-state index contributed by atoms with van der Waals surface area (Å²) in [6.45, 7) is 4.96. The van der Waals surface area contributed by atoms with Crippen molar-refractivity contribution in [3.8, 4) is 0 Å². The summed E-state index contributed by atoms with van der Waals surface area (Å²) in [4.78, 5) is 26.2. The topological polar surface area (TPSA) is 99.2 Å². The highest BCUT2D eigenvalue weighted by atomic mass is 16.2. The van der Waals surface area contributed by atoms with Crippen LogP contribution in [-0.2, 0) is 4.79 Å². The van der Waals surface area contributed by atoms with Crippen LogP contribution in [0.1, 0.15) is 36.7 Å². The number of carbonyl (C=O) groups excluding carboxylic acids is 2. The second kappa shape index (κ2) is 10.5. The largest absolute Gasteiger partial charge is 0.366 e. The molecular formula is C21H28N6O2. The zero-order valence-corrected chi connectivity index (χ0v) is 16.7. The van der Waals surface area contributed by atoms with E-state index < -0.39 is 0 Å². The van der Waals surface area contributed by atoms with Gasteiger partial charge in [0.05, 0.1) is 6.54 Å². The molecule has 2 aromatic rings. The average Bonchev–Trinajstić information content (AvgIpc) is 2.75. The monoisotopic (exact) mass is 396 g/mol. The summed E-state index contributed by atoms with van der Waals surface area (Å²) in [5, 5.41) is 17.2. The molecule has 0 aliphatic carbocycles. The van der Waals surface area contributed by atoms with Crippen LogP contribution in [0.4, 0.5) is 11.5 Å². The number of benzene rings is 1. The Balaban J connectivity index is 1.43. The van der Waals surface area contributed by atoms with Gasteiger partial charge in [-0.1, -0.05) is 25.1 Å². The number of amides is 2. The average molecular weight is 396 g/mol. The summed E-state index contributed by atoms with van der Waals surface area (Å²) >= 11 is 0. The SMILES string of the molecule is CCCNC(=O)CN1CCC(Nc2ccc(C(=O)Nc3ccccc3)nn2)CC1. The normalized spacial score (nSPS) is 14.9. The Labute approximate surface area is 171 Å². The minimum Gasteiger partial charge on any atom is -0.366 e. The molecule has 2 heterocycles. The highest BCUT2D eigenvalue weighted by Gasteiger charge is 2.21. The molecule has 0 spiro atoms. The van der Waals surface area contributed by atoms with Crippen LogP contribution in [0.5, 0.6) is 0 Å². The molecule has 0 radical (unpaired) electrons. The summed E-state index contributed by atoms with van der Waals surface area (Å²) in [6, 6.07) is 13.0. The standard InChI is InChI=1S/C21H28N6O2/c1-2-12-22-20(28)15-27-13-10-17(11-14-27)23-19-9-8-18(25-26-19)21(29)24-16-6-4-3-5-7-16/h3-9,17H,2,10-15H2,1H3,(H,22,28)(H,23,26)(H,24,29). The molecule has 1 aliphatic rings. The van der Waals surface area contributed by atoms with Gasteiger partial charge in [-0.2, -0.15) is 0 Å². The number of nitrogens with zero attached hydrogens (tertiary/aromatic N) is 3. The number of nitrogens with one attached hydrogen (secondary N) is 3. The van der Waals surface area contributed by atoms with Crippen LogP contribution in [0.3, 0.4) is 0 Å². The van der Waals surface area contributed by atoms with Gasteiger partial charge >= 0.3 is 0 Å². The fourth-order valence-electron chi connectivity index (χ4n) is 3.21. The van der Waals surface area contributed by atoms with Gasteiger partial charge in [-0.15, -0.1) is 10.2 Å². The lowest BCUT2D eigenvalue weighted by Gasteiger charge is -2.32. The van der Waals surface area contributed by atoms with Gasteiger partial charge in [0.15, 0.2) is 5.69 Å². The molecule has 2 amide bonds. The summed E-state index contributed by atoms with van der Waals surface area (Å²) in [5.41, 5.74) is 0.990. The Morgan fingerprint density at radius 2 is 1.83 bits per heavy atom. The van der Waals surface area contributed by atoms with Gasteiger partial charge in [0.25, 0.3) is 5.91 Å². The number of rotatable bonds is 8. The lowest BCUT2D eigenvalue weighted by Crippen LogP contribution is -2.44. The molecule has 1 fully saturated rings. The number of aromatic nitrogens is 2. The number of para-hydroxylation sites is 1. The van der Waals surface area contributed by atoms with Gasteiger partial charge in [0, 0.05) is 31.4 Å². The number of likely N-dealkylation sites (tertiary alicyclic amines) is 1. The highest BCUT2D eigenvalue weighted by Crippen LogP contribution is 2.15. The molecule has 8 nitrogen and oxygen atoms in total. The van der Waals surface area contributed by atoms with Crippen LogP contribution in [-0.4, -0.2) is 59.1 Å². The molecule has 0 atom stereocenters. The molecule has 8 heteroatoms. The first-order valence-corrected chi connectivity index (χ1v) is 10.1. The summed E-state index contributed by atoms with van der Waals surface area (Å²) in [6.07, 6.45) is 2.81. The Morgan fingerprint density at radius 3 is 2.48 bits per heavy atom. The number of carbonyl (C=O) groups is 2. The molecule has 3 N–H and O–H groups in total. The van der Waals surface area contributed by atoms with Gasteiger partial charge in [0.1, 0.15) is 5.82 Å². The van der Waals surface area contributed by atoms with E-state index in [2.05, 4.69) is 31.0 Å². The zero-order valence-electron chi connectivity index (χ0n) is 16.7. The molecule has 3 rings (SSSR count). The molecule has 0 unspecified atom stereocenters. The molecule has 29 heavy (non-hydrogen) atoms. The van der Waals surface area contributed by atoms with Gasteiger partial charge in [-0.3, -0.25) is 14.5 Å². The number of anilines is 2. The lowest BCUT2D eigenvalue weighted by atomic mass is 10.1. The number of piperidine rings is 1. The molecule has 0 bridgehead atoms. The van der Waals surface area contributed by atoms with Crippen LogP contribution < -0.4 is 16.0 Å². The Kier molecular flexibility index (Phi) is 7.52. The maximum Gasteiger partial charge on any atom is 0.276 e. The second-order valence-electron chi connectivity index (χ2n) is 7.17. The van der Waals surface area contributed by atoms with Gasteiger partial charge in [-0.05, 0) is 43.5 Å². The smallest absolute Gasteiger partial charge is 0.276 e. The molecule has 0 saturated carbocycles. The number of hydrogen-bond donors (Lipinski definition) is 3. The quantitative estimate of drug-likeness (QED) is 0.632. The predicted molar refractivity (Wildman–Crippen MR) is 113 cm³/mol. The fourth-order valence-corrected chi connectivity index (χ4v) is 3.21. The summed E-state index contributed by atoms with van der Waals surface area (Å²) < 4.78 is 0. The number of hydrogen-bond acceptors (Lipinski definition) is 6. The zero-order chi connectivity index (χ0) is 20.5. The van der Waals surface area contributed by atoms with Crippen molar-refractivity contribution in [2.45, 2.75) is 32.2 Å². The van der Waals surface area contributed by atoms with Gasteiger partial charge in [0.2, 0.25) is 5.91 Å². The van der Waals surface area contributed by atoms with Gasteiger partial charge < -0.3 is 16.0 Å². The first kappa shape index (κ1) is 20.7. The molecule has 1 aromatic carbocycles. The maximum atomic E-state index is 12.2. The Bertz CT molecular complexity index is 789. The third-order valence-electron chi connectivity index (χ3n) is 4.81. The van der Waals surface area contributed by atoms with Crippen molar-refractivity contribution >= 4 is 23.3 Å². The fraction of sp³-hybridized carbons (Fsp3) is 0.429. The molecule has 154 valence electrons. The Hall–Kier alpha value is -3.00. The van der Waals surface area contributed by atoms with Crippen LogP contribution in [0.2, 0.25) is 0 Å². The van der Waals surface area contributed by atoms with E-state index in [0.29, 0.717) is 12.4 Å². The third kappa shape index (κ3) is 6.53. The van der Waals surface area contributed by atoms with E-state index in [-0.39, 0.29) is 23.6 Å². The first-order valence-electron chi connectivity index (χ1n) is 10.1. The summed E-state index contributed by atoms with van der Waals surface area (Å²) in [7, 11) is 0. The predicted octanol–water partition coefficient (Wildman–Crippen LogP) is 2.13. The van der Waals surface area contributed by atoms with E-state index in [0.717, 1.165) is 44.6 Å². The minimum absolute atomic E-state index is 0.0912. The molecule has 1 aromatic heterocycles. The van der Waals surface area contributed by atoms with E-state index in [4.69, 9.17) is 0 Å². The second-order valence-corrected chi connectivity index (χ2v) is 7.17. The highest BCUT2D eigenvalue weighted by molar-refractivity contribution is 6.02. The summed E-state index contributed by atoms with van der Waals surface area (Å²) in [5.74, 6) is 0.457. The third-order valence-corrected chi connectivity index (χ3v) is 4.81. The molecule has 1 aliphatic heterocycles. The molecule has 1 saturated heterocycles. The van der Waals surface area contributed by atoms with Crippen molar-refractivity contribution in [2.24, 2.45) is 0 Å². The Morgan fingerprint density at radius 1 is 1.07 bits per heavy atom.